The van der Waals surface area contributed by atoms with E-state index in [-0.39, 0.29) is 42.2 Å². The number of ether oxygens (including phenoxy) is 2. The van der Waals surface area contributed by atoms with Crippen molar-refractivity contribution in [3.05, 3.63) is 58.6 Å². The molecule has 0 aromatic heterocycles. The molecule has 0 aliphatic heterocycles. The Morgan fingerprint density at radius 1 is 1.06 bits per heavy atom. The molecule has 0 aliphatic carbocycles. The Balaban J connectivity index is 1.87. The van der Waals surface area contributed by atoms with E-state index < -0.39 is 23.8 Å². The topological polar surface area (TPSA) is 76.0 Å². The van der Waals surface area contributed by atoms with Gasteiger partial charge in [-0.2, -0.15) is 13.2 Å². The molecule has 0 saturated heterocycles. The molecule has 0 saturated carbocycles. The summed E-state index contributed by atoms with van der Waals surface area (Å²) in [5, 5.41) is 18.9. The number of halogens is 4. The van der Waals surface area contributed by atoms with Crippen LogP contribution in [-0.2, 0) is 11.0 Å². The van der Waals surface area contributed by atoms with Gasteiger partial charge < -0.3 is 19.7 Å². The molecule has 31 heavy (non-hydrogen) atoms. The van der Waals surface area contributed by atoms with Gasteiger partial charge in [0.05, 0.1) is 17.0 Å². The van der Waals surface area contributed by atoms with Crippen LogP contribution in [-0.4, -0.2) is 35.5 Å². The van der Waals surface area contributed by atoms with Gasteiger partial charge in [0.15, 0.2) is 0 Å². The largest absolute Gasteiger partial charge is 0.491 e. The third-order valence-electron chi connectivity index (χ3n) is 4.64. The normalized spacial score (nSPS) is 13.7. The lowest BCUT2D eigenvalue weighted by Gasteiger charge is -2.20. The molecule has 0 radical (unpaired) electrons. The Labute approximate surface area is 183 Å². The quantitative estimate of drug-likeness (QED) is 0.497. The van der Waals surface area contributed by atoms with Crippen LogP contribution >= 0.6 is 11.6 Å². The van der Waals surface area contributed by atoms with Crippen molar-refractivity contribution in [2.45, 2.75) is 38.5 Å². The van der Waals surface area contributed by atoms with Crippen molar-refractivity contribution in [2.24, 2.45) is 5.92 Å². The Morgan fingerprint density at radius 2 is 1.68 bits per heavy atom. The fourth-order valence-corrected chi connectivity index (χ4v) is 3.19. The maximum Gasteiger partial charge on any atom is 0.416 e. The molecule has 2 atom stereocenters. The van der Waals surface area contributed by atoms with E-state index in [1.165, 1.54) is 0 Å². The Kier molecular flexibility index (Phi) is 8.59. The minimum absolute atomic E-state index is 0.0243. The van der Waals surface area contributed by atoms with Gasteiger partial charge in [-0.3, -0.25) is 4.79 Å². The number of rotatable bonds is 10. The van der Waals surface area contributed by atoms with Crippen LogP contribution < -0.4 is 9.47 Å². The SMILES string of the molecule is CC(C)C(CC(=O)O)c1ccc(OCC(O)COc2ccc(C(F)(F)F)cc2Cl)cc1. The number of carboxylic acid groups (broad SMARTS) is 1. The number of aliphatic hydroxyl groups excluding tert-OH is 1. The van der Waals surface area contributed by atoms with Crippen molar-refractivity contribution < 1.29 is 37.7 Å². The van der Waals surface area contributed by atoms with Crippen molar-refractivity contribution in [3.63, 3.8) is 0 Å². The smallest absolute Gasteiger partial charge is 0.416 e. The second kappa shape index (κ2) is 10.7. The molecule has 0 amide bonds. The number of benzene rings is 2. The first kappa shape index (κ1) is 24.8. The van der Waals surface area contributed by atoms with Gasteiger partial charge in [-0.15, -0.1) is 0 Å². The highest BCUT2D eigenvalue weighted by Gasteiger charge is 2.31. The van der Waals surface area contributed by atoms with Crippen molar-refractivity contribution in [1.29, 1.82) is 0 Å². The van der Waals surface area contributed by atoms with Crippen LogP contribution in [0.25, 0.3) is 0 Å². The molecule has 0 aliphatic rings. The molecule has 170 valence electrons. The third kappa shape index (κ3) is 7.63. The molecule has 0 fully saturated rings. The third-order valence-corrected chi connectivity index (χ3v) is 4.94. The zero-order valence-corrected chi connectivity index (χ0v) is 17.8. The number of carboxylic acids is 1. The molecular weight excluding hydrogens is 437 g/mol. The summed E-state index contributed by atoms with van der Waals surface area (Å²) in [5.74, 6) is -0.336. The monoisotopic (exact) mass is 460 g/mol. The first-order valence-electron chi connectivity index (χ1n) is 9.59. The van der Waals surface area contributed by atoms with Gasteiger partial charge in [-0.25, -0.2) is 0 Å². The summed E-state index contributed by atoms with van der Waals surface area (Å²) in [5.41, 5.74) is -0.00850. The zero-order chi connectivity index (χ0) is 23.2. The van der Waals surface area contributed by atoms with Crippen LogP contribution in [0.3, 0.4) is 0 Å². The van der Waals surface area contributed by atoms with Gasteiger partial charge in [0, 0.05) is 0 Å². The first-order chi connectivity index (χ1) is 14.5. The number of hydrogen-bond acceptors (Lipinski definition) is 4. The number of aliphatic hydroxyl groups is 1. The fourth-order valence-electron chi connectivity index (χ4n) is 2.96. The highest BCUT2D eigenvalue weighted by atomic mass is 35.5. The lowest BCUT2D eigenvalue weighted by molar-refractivity contribution is -0.138. The summed E-state index contributed by atoms with van der Waals surface area (Å²) in [4.78, 5) is 11.1. The lowest BCUT2D eigenvalue weighted by Crippen LogP contribution is -2.25. The molecule has 0 spiro atoms. The molecule has 9 heteroatoms. The Hall–Kier alpha value is -2.45. The summed E-state index contributed by atoms with van der Waals surface area (Å²) in [6, 6.07) is 9.65. The van der Waals surface area contributed by atoms with E-state index in [1.807, 2.05) is 13.8 Å². The fraction of sp³-hybridized carbons (Fsp3) is 0.409. The average molecular weight is 461 g/mol. The molecule has 2 aromatic carbocycles. The van der Waals surface area contributed by atoms with Crippen LogP contribution in [0.4, 0.5) is 13.2 Å². The highest BCUT2D eigenvalue weighted by Crippen LogP contribution is 2.34. The minimum atomic E-state index is -4.51. The van der Waals surface area contributed by atoms with Gasteiger partial charge in [0.25, 0.3) is 0 Å². The summed E-state index contributed by atoms with van der Waals surface area (Å²) in [7, 11) is 0. The van der Waals surface area contributed by atoms with Crippen LogP contribution in [0.15, 0.2) is 42.5 Å². The minimum Gasteiger partial charge on any atom is -0.491 e. The predicted molar refractivity (Wildman–Crippen MR) is 110 cm³/mol. The standard InChI is InChI=1S/C22H24ClF3O5/c1-13(2)18(10-21(28)29)14-3-6-17(7-4-14)30-11-16(27)12-31-20-8-5-15(9-19(20)23)22(24,25)26/h3-9,13,16,18,27H,10-12H2,1-2H3,(H,28,29). The number of alkyl halides is 3. The van der Waals surface area contributed by atoms with Crippen LogP contribution in [0, 0.1) is 5.92 Å². The zero-order valence-electron chi connectivity index (χ0n) is 17.0. The second-order valence-electron chi connectivity index (χ2n) is 7.44. The maximum atomic E-state index is 12.7. The summed E-state index contributed by atoms with van der Waals surface area (Å²) >= 11 is 5.81. The number of aliphatic carboxylic acids is 1. The summed E-state index contributed by atoms with van der Waals surface area (Å²) < 4.78 is 48.8. The highest BCUT2D eigenvalue weighted by molar-refractivity contribution is 6.32. The van der Waals surface area contributed by atoms with E-state index in [2.05, 4.69) is 0 Å². The van der Waals surface area contributed by atoms with Gasteiger partial charge in [0.1, 0.15) is 30.8 Å². The molecular formula is C22H24ClF3O5. The van der Waals surface area contributed by atoms with Gasteiger partial charge in [-0.05, 0) is 47.7 Å². The predicted octanol–water partition coefficient (Wildman–Crippen LogP) is 5.39. The van der Waals surface area contributed by atoms with Gasteiger partial charge in [-0.1, -0.05) is 37.6 Å². The molecule has 2 unspecified atom stereocenters. The van der Waals surface area contributed by atoms with E-state index in [4.69, 9.17) is 26.2 Å². The first-order valence-corrected chi connectivity index (χ1v) is 9.97. The summed E-state index contributed by atoms with van der Waals surface area (Å²) in [6.07, 6.45) is -5.53. The van der Waals surface area contributed by atoms with Gasteiger partial charge >= 0.3 is 12.1 Å². The Bertz CT molecular complexity index is 868. The maximum absolute atomic E-state index is 12.7. The van der Waals surface area contributed by atoms with E-state index in [9.17, 15) is 23.1 Å². The number of carbonyl (C=O) groups is 1. The number of hydrogen-bond donors (Lipinski definition) is 2. The van der Waals surface area contributed by atoms with Gasteiger partial charge in [0.2, 0.25) is 0 Å². The van der Waals surface area contributed by atoms with Crippen molar-refractivity contribution >= 4 is 17.6 Å². The van der Waals surface area contributed by atoms with Crippen LogP contribution in [0.2, 0.25) is 5.02 Å². The van der Waals surface area contributed by atoms with Crippen molar-refractivity contribution in [3.8, 4) is 11.5 Å². The van der Waals surface area contributed by atoms with E-state index in [0.717, 1.165) is 23.8 Å². The average Bonchev–Trinajstić information content (AvgIpc) is 2.69. The van der Waals surface area contributed by atoms with E-state index >= 15 is 0 Å². The molecule has 0 heterocycles. The van der Waals surface area contributed by atoms with Crippen molar-refractivity contribution in [1.82, 2.24) is 0 Å². The lowest BCUT2D eigenvalue weighted by atomic mass is 9.86. The van der Waals surface area contributed by atoms with E-state index in [0.29, 0.717) is 5.75 Å². The van der Waals surface area contributed by atoms with Crippen LogP contribution in [0.1, 0.15) is 37.3 Å². The molecule has 2 N–H and O–H groups in total. The molecule has 5 nitrogen and oxygen atoms in total. The summed E-state index contributed by atoms with van der Waals surface area (Å²) in [6.45, 7) is 3.58. The molecule has 2 rings (SSSR count). The van der Waals surface area contributed by atoms with Crippen LogP contribution in [0.5, 0.6) is 11.5 Å². The molecule has 0 bridgehead atoms. The Morgan fingerprint density at radius 3 is 2.19 bits per heavy atom. The second-order valence-corrected chi connectivity index (χ2v) is 7.84. The molecule has 2 aromatic rings. The van der Waals surface area contributed by atoms with E-state index in [1.54, 1.807) is 24.3 Å². The van der Waals surface area contributed by atoms with Crippen molar-refractivity contribution in [2.75, 3.05) is 13.2 Å².